The molecule has 0 aliphatic heterocycles. The second kappa shape index (κ2) is 8.97. The van der Waals surface area contributed by atoms with Gasteiger partial charge in [-0.15, -0.1) is 11.3 Å². The van der Waals surface area contributed by atoms with Crippen LogP contribution in [0.3, 0.4) is 0 Å². The molecule has 1 aromatic carbocycles. The Morgan fingerprint density at radius 2 is 1.79 bits per heavy atom. The van der Waals surface area contributed by atoms with Crippen LogP contribution in [-0.2, 0) is 9.53 Å². The van der Waals surface area contributed by atoms with E-state index in [-0.39, 0.29) is 11.9 Å². The molecule has 1 aromatic heterocycles. The van der Waals surface area contributed by atoms with Gasteiger partial charge in [0.15, 0.2) is 6.10 Å². The molecule has 0 saturated heterocycles. The molecule has 0 spiro atoms. The van der Waals surface area contributed by atoms with E-state index in [2.05, 4.69) is 10.6 Å². The molecule has 2 N–H and O–H groups in total. The van der Waals surface area contributed by atoms with Gasteiger partial charge in [-0.25, -0.2) is 14.0 Å². The van der Waals surface area contributed by atoms with Crippen molar-refractivity contribution in [2.45, 2.75) is 44.8 Å². The van der Waals surface area contributed by atoms with E-state index in [0.29, 0.717) is 4.88 Å². The number of urea groups is 1. The molecule has 1 aliphatic rings. The first-order chi connectivity index (χ1) is 13.4. The number of amides is 3. The smallest absolute Gasteiger partial charge is 0.349 e. The summed E-state index contributed by atoms with van der Waals surface area (Å²) in [6.07, 6.45) is 2.82. The third kappa shape index (κ3) is 5.16. The van der Waals surface area contributed by atoms with Crippen LogP contribution in [0.25, 0.3) is 10.4 Å². The van der Waals surface area contributed by atoms with Gasteiger partial charge in [-0.05, 0) is 49.6 Å². The minimum atomic E-state index is -1.11. The number of benzene rings is 1. The van der Waals surface area contributed by atoms with E-state index < -0.39 is 24.0 Å². The Balaban J connectivity index is 1.52. The maximum absolute atomic E-state index is 13.0. The first kappa shape index (κ1) is 20.0. The minimum Gasteiger partial charge on any atom is -0.448 e. The summed E-state index contributed by atoms with van der Waals surface area (Å²) in [5, 5.41) is 4.94. The molecule has 0 bridgehead atoms. The molecule has 1 aliphatic carbocycles. The summed E-state index contributed by atoms with van der Waals surface area (Å²) in [5.41, 5.74) is 0.778. The number of carbonyl (C=O) groups is 3. The lowest BCUT2D eigenvalue weighted by Crippen LogP contribution is -2.47. The normalized spacial score (nSPS) is 15.1. The second-order valence-electron chi connectivity index (χ2n) is 6.66. The monoisotopic (exact) mass is 404 g/mol. The van der Waals surface area contributed by atoms with Crippen molar-refractivity contribution in [3.8, 4) is 10.4 Å². The van der Waals surface area contributed by atoms with Crippen molar-refractivity contribution in [3.05, 3.63) is 47.1 Å². The molecule has 6 nitrogen and oxygen atoms in total. The number of nitrogens with one attached hydrogen (secondary N) is 2. The molecule has 3 rings (SSSR count). The maximum Gasteiger partial charge on any atom is 0.349 e. The fourth-order valence-corrected chi connectivity index (χ4v) is 3.89. The fourth-order valence-electron chi connectivity index (χ4n) is 2.99. The Kier molecular flexibility index (Phi) is 6.41. The predicted octanol–water partition coefficient (Wildman–Crippen LogP) is 3.87. The molecular formula is C20H21FN2O4S. The third-order valence-corrected chi connectivity index (χ3v) is 5.63. The van der Waals surface area contributed by atoms with Crippen LogP contribution in [0, 0.1) is 5.82 Å². The van der Waals surface area contributed by atoms with Crippen LogP contribution in [0.1, 0.15) is 42.3 Å². The van der Waals surface area contributed by atoms with Gasteiger partial charge in [-0.2, -0.15) is 0 Å². The number of carbonyl (C=O) groups excluding carboxylic acids is 3. The lowest BCUT2D eigenvalue weighted by atomic mass is 10.2. The number of thiophene rings is 1. The first-order valence-corrected chi connectivity index (χ1v) is 9.92. The van der Waals surface area contributed by atoms with Gasteiger partial charge in [0.05, 0.1) is 0 Å². The van der Waals surface area contributed by atoms with E-state index in [1.54, 1.807) is 24.3 Å². The first-order valence-electron chi connectivity index (χ1n) is 9.10. The number of hydrogen-bond acceptors (Lipinski definition) is 5. The Morgan fingerprint density at radius 3 is 2.46 bits per heavy atom. The molecule has 1 saturated carbocycles. The van der Waals surface area contributed by atoms with Crippen LogP contribution in [0.2, 0.25) is 0 Å². The zero-order chi connectivity index (χ0) is 20.1. The molecule has 1 heterocycles. The van der Waals surface area contributed by atoms with Gasteiger partial charge in [0.25, 0.3) is 5.91 Å². The van der Waals surface area contributed by atoms with Gasteiger partial charge in [-0.1, -0.05) is 25.0 Å². The number of imide groups is 1. The molecule has 3 amide bonds. The lowest BCUT2D eigenvalue weighted by molar-refractivity contribution is -0.127. The number of halogens is 1. The van der Waals surface area contributed by atoms with E-state index in [1.165, 1.54) is 30.4 Å². The Bertz CT molecular complexity index is 859. The summed E-state index contributed by atoms with van der Waals surface area (Å²) >= 11 is 1.18. The number of rotatable bonds is 5. The standard InChI is InChI=1S/C20H21FN2O4S/c1-12(18(24)23-20(26)22-15-4-2-3-5-15)27-19(25)17-11-10-16(28-17)13-6-8-14(21)9-7-13/h6-12,15H,2-5H2,1H3,(H2,22,23,24,26)/t12-/m0/s1. The zero-order valence-corrected chi connectivity index (χ0v) is 16.2. The predicted molar refractivity (Wildman–Crippen MR) is 104 cm³/mol. The van der Waals surface area contributed by atoms with Gasteiger partial charge < -0.3 is 10.1 Å². The van der Waals surface area contributed by atoms with Crippen molar-refractivity contribution < 1.29 is 23.5 Å². The summed E-state index contributed by atoms with van der Waals surface area (Å²) in [4.78, 5) is 37.3. The lowest BCUT2D eigenvalue weighted by Gasteiger charge is -2.15. The molecule has 0 unspecified atom stereocenters. The summed E-state index contributed by atoms with van der Waals surface area (Å²) in [6, 6.07) is 8.75. The number of esters is 1. The Morgan fingerprint density at radius 1 is 1.11 bits per heavy atom. The van der Waals surface area contributed by atoms with Crippen LogP contribution in [0.15, 0.2) is 36.4 Å². The van der Waals surface area contributed by atoms with Crippen molar-refractivity contribution >= 4 is 29.2 Å². The Hall–Kier alpha value is -2.74. The highest BCUT2D eigenvalue weighted by molar-refractivity contribution is 7.17. The van der Waals surface area contributed by atoms with E-state index in [0.717, 1.165) is 36.1 Å². The van der Waals surface area contributed by atoms with Crippen molar-refractivity contribution in [1.29, 1.82) is 0 Å². The van der Waals surface area contributed by atoms with Crippen LogP contribution in [-0.4, -0.2) is 30.1 Å². The quantitative estimate of drug-likeness (QED) is 0.741. The topological polar surface area (TPSA) is 84.5 Å². The van der Waals surface area contributed by atoms with Crippen molar-refractivity contribution in [2.24, 2.45) is 0 Å². The van der Waals surface area contributed by atoms with Crippen LogP contribution in [0.5, 0.6) is 0 Å². The van der Waals surface area contributed by atoms with Crippen molar-refractivity contribution in [3.63, 3.8) is 0 Å². The highest BCUT2D eigenvalue weighted by Gasteiger charge is 2.23. The summed E-state index contributed by atoms with van der Waals surface area (Å²) < 4.78 is 18.2. The molecule has 1 fully saturated rings. The van der Waals surface area contributed by atoms with Gasteiger partial charge in [0.1, 0.15) is 10.7 Å². The molecule has 0 radical (unpaired) electrons. The van der Waals surface area contributed by atoms with Gasteiger partial charge in [-0.3, -0.25) is 10.1 Å². The largest absolute Gasteiger partial charge is 0.448 e. The molecule has 28 heavy (non-hydrogen) atoms. The highest BCUT2D eigenvalue weighted by Crippen LogP contribution is 2.28. The molecule has 148 valence electrons. The average molecular weight is 404 g/mol. The Labute approximate surface area is 166 Å². The van der Waals surface area contributed by atoms with E-state index in [4.69, 9.17) is 4.74 Å². The van der Waals surface area contributed by atoms with Crippen molar-refractivity contribution in [2.75, 3.05) is 0 Å². The van der Waals surface area contributed by atoms with Gasteiger partial charge in [0.2, 0.25) is 0 Å². The highest BCUT2D eigenvalue weighted by atomic mass is 32.1. The summed E-state index contributed by atoms with van der Waals surface area (Å²) in [5.74, 6) is -1.67. The van der Waals surface area contributed by atoms with Crippen LogP contribution in [0.4, 0.5) is 9.18 Å². The van der Waals surface area contributed by atoms with Gasteiger partial charge >= 0.3 is 12.0 Å². The average Bonchev–Trinajstić information content (AvgIpc) is 3.34. The van der Waals surface area contributed by atoms with E-state index in [9.17, 15) is 18.8 Å². The van der Waals surface area contributed by atoms with Crippen LogP contribution < -0.4 is 10.6 Å². The third-order valence-electron chi connectivity index (χ3n) is 4.52. The summed E-state index contributed by atoms with van der Waals surface area (Å²) in [6.45, 7) is 1.41. The molecule has 1 atom stereocenters. The van der Waals surface area contributed by atoms with E-state index >= 15 is 0 Å². The SMILES string of the molecule is C[C@H](OC(=O)c1ccc(-c2ccc(F)cc2)s1)C(=O)NC(=O)NC1CCCC1. The van der Waals surface area contributed by atoms with Gasteiger partial charge in [0, 0.05) is 10.9 Å². The number of hydrogen-bond donors (Lipinski definition) is 2. The van der Waals surface area contributed by atoms with Crippen molar-refractivity contribution in [1.82, 2.24) is 10.6 Å². The second-order valence-corrected chi connectivity index (χ2v) is 7.75. The number of ether oxygens (including phenoxy) is 1. The summed E-state index contributed by atoms with van der Waals surface area (Å²) in [7, 11) is 0. The molecule has 2 aromatic rings. The van der Waals surface area contributed by atoms with Crippen LogP contribution >= 0.6 is 11.3 Å². The zero-order valence-electron chi connectivity index (χ0n) is 15.4. The molecule has 8 heteroatoms. The van der Waals surface area contributed by atoms with E-state index in [1.807, 2.05) is 0 Å². The minimum absolute atomic E-state index is 0.0849. The maximum atomic E-state index is 13.0. The fraction of sp³-hybridized carbons (Fsp3) is 0.350. The molecular weight excluding hydrogens is 383 g/mol.